The molecule has 1 aromatic carbocycles. The van der Waals surface area contributed by atoms with Crippen LogP contribution in [-0.2, 0) is 6.54 Å². The van der Waals surface area contributed by atoms with Gasteiger partial charge in [0.1, 0.15) is 13.1 Å². The lowest BCUT2D eigenvalue weighted by Crippen LogP contribution is -3.00. The van der Waals surface area contributed by atoms with E-state index in [0.29, 0.717) is 10.0 Å². The number of aliphatic hydroxyl groups is 1. The molecular formula is C24H42Cl3NO. The Bertz CT molecular complexity index is 527. The molecule has 170 valence electrons. The standard InChI is InChI=1S/C24H42Cl2NO.ClH/c1-3-4-5-6-7-8-9-10-11-12-13-14-17-27(2,18-19-28)21-22-15-16-23(25)24(26)20-22;/h15-16,20,28H,3-14,17-19,21H2,1-2H3;1H/q+1;/p-1. The first-order valence-electron chi connectivity index (χ1n) is 11.4. The van der Waals surface area contributed by atoms with E-state index < -0.39 is 0 Å². The monoisotopic (exact) mass is 465 g/mol. The minimum absolute atomic E-state index is 0. The van der Waals surface area contributed by atoms with E-state index in [0.717, 1.165) is 24.1 Å². The SMILES string of the molecule is CCCCCCCCCCCCCC[N+](C)(CCO)Cc1ccc(Cl)c(Cl)c1.[Cl-]. The van der Waals surface area contributed by atoms with E-state index in [4.69, 9.17) is 23.2 Å². The number of hydrogen-bond acceptors (Lipinski definition) is 1. The van der Waals surface area contributed by atoms with Crippen LogP contribution in [-0.4, -0.2) is 36.3 Å². The Morgan fingerprint density at radius 2 is 1.28 bits per heavy atom. The smallest absolute Gasteiger partial charge is 0.104 e. The summed E-state index contributed by atoms with van der Waals surface area (Å²) in [5.41, 5.74) is 1.18. The minimum Gasteiger partial charge on any atom is -1.00 e. The lowest BCUT2D eigenvalue weighted by atomic mass is 10.0. The van der Waals surface area contributed by atoms with Crippen LogP contribution in [0.3, 0.4) is 0 Å². The summed E-state index contributed by atoms with van der Waals surface area (Å²) < 4.78 is 0.853. The summed E-state index contributed by atoms with van der Waals surface area (Å²) in [5.74, 6) is 0. The summed E-state index contributed by atoms with van der Waals surface area (Å²) >= 11 is 12.2. The van der Waals surface area contributed by atoms with E-state index in [2.05, 4.69) is 14.0 Å². The molecular weight excluding hydrogens is 425 g/mol. The van der Waals surface area contributed by atoms with Gasteiger partial charge in [-0.05, 0) is 25.0 Å². The maximum Gasteiger partial charge on any atom is 0.104 e. The molecule has 0 aromatic heterocycles. The highest BCUT2D eigenvalue weighted by Crippen LogP contribution is 2.24. The van der Waals surface area contributed by atoms with Gasteiger partial charge in [0.15, 0.2) is 0 Å². The van der Waals surface area contributed by atoms with Crippen LogP contribution < -0.4 is 12.4 Å². The van der Waals surface area contributed by atoms with Gasteiger partial charge in [0.25, 0.3) is 0 Å². The van der Waals surface area contributed by atoms with Crippen LogP contribution in [0.15, 0.2) is 18.2 Å². The molecule has 0 bridgehead atoms. The zero-order valence-electron chi connectivity index (χ0n) is 18.6. The number of nitrogens with zero attached hydrogens (tertiary/aromatic N) is 1. The molecule has 2 nitrogen and oxygen atoms in total. The molecule has 1 atom stereocenters. The lowest BCUT2D eigenvalue weighted by Gasteiger charge is -2.34. The molecule has 0 heterocycles. The summed E-state index contributed by atoms with van der Waals surface area (Å²) in [4.78, 5) is 0. The molecule has 0 amide bonds. The first kappa shape index (κ1) is 29.0. The zero-order valence-corrected chi connectivity index (χ0v) is 20.8. The number of halogens is 3. The van der Waals surface area contributed by atoms with Crippen molar-refractivity contribution in [3.05, 3.63) is 33.8 Å². The number of benzene rings is 1. The van der Waals surface area contributed by atoms with Crippen LogP contribution in [0.1, 0.15) is 89.5 Å². The average molecular weight is 467 g/mol. The molecule has 0 aliphatic carbocycles. The number of unbranched alkanes of at least 4 members (excludes halogenated alkanes) is 11. The Labute approximate surface area is 196 Å². The second kappa shape index (κ2) is 17.7. The van der Waals surface area contributed by atoms with Crippen LogP contribution >= 0.6 is 23.2 Å². The maximum atomic E-state index is 9.51. The molecule has 1 N–H and O–H groups in total. The van der Waals surface area contributed by atoms with E-state index in [9.17, 15) is 5.11 Å². The minimum atomic E-state index is 0. The predicted molar refractivity (Wildman–Crippen MR) is 124 cm³/mol. The van der Waals surface area contributed by atoms with Gasteiger partial charge >= 0.3 is 0 Å². The Kier molecular flexibility index (Phi) is 17.7. The van der Waals surface area contributed by atoms with Gasteiger partial charge in [0, 0.05) is 5.56 Å². The van der Waals surface area contributed by atoms with Gasteiger partial charge in [-0.3, -0.25) is 0 Å². The van der Waals surface area contributed by atoms with Crippen LogP contribution in [0, 0.1) is 0 Å². The van der Waals surface area contributed by atoms with Crippen molar-refractivity contribution in [2.24, 2.45) is 0 Å². The summed E-state index contributed by atoms with van der Waals surface area (Å²) in [6, 6.07) is 5.87. The fourth-order valence-electron chi connectivity index (χ4n) is 3.92. The Hall–Kier alpha value is 0.01000. The average Bonchev–Trinajstić information content (AvgIpc) is 2.66. The normalized spacial score (nSPS) is 13.1. The predicted octanol–water partition coefficient (Wildman–Crippen LogP) is 4.64. The number of hydrogen-bond donors (Lipinski definition) is 1. The molecule has 0 spiro atoms. The summed E-state index contributed by atoms with van der Waals surface area (Å²) in [6.07, 6.45) is 16.4. The highest BCUT2D eigenvalue weighted by Gasteiger charge is 2.21. The van der Waals surface area contributed by atoms with E-state index >= 15 is 0 Å². The number of aliphatic hydroxyl groups excluding tert-OH is 1. The Morgan fingerprint density at radius 3 is 1.76 bits per heavy atom. The number of quaternary nitrogens is 1. The van der Waals surface area contributed by atoms with Crippen molar-refractivity contribution in [3.8, 4) is 0 Å². The fourth-order valence-corrected chi connectivity index (χ4v) is 4.25. The van der Waals surface area contributed by atoms with Gasteiger partial charge in [0.2, 0.25) is 0 Å². The molecule has 5 heteroatoms. The molecule has 0 saturated heterocycles. The summed E-state index contributed by atoms with van der Waals surface area (Å²) in [6.45, 7) is 5.25. The lowest BCUT2D eigenvalue weighted by molar-refractivity contribution is -0.923. The van der Waals surface area contributed by atoms with E-state index in [1.807, 2.05) is 18.2 Å². The first-order chi connectivity index (χ1) is 13.5. The van der Waals surface area contributed by atoms with Crippen LogP contribution in [0.4, 0.5) is 0 Å². The highest BCUT2D eigenvalue weighted by molar-refractivity contribution is 6.42. The van der Waals surface area contributed by atoms with Crippen molar-refractivity contribution >= 4 is 23.2 Å². The molecule has 0 aliphatic rings. The molecule has 1 aromatic rings. The first-order valence-corrected chi connectivity index (χ1v) is 12.1. The molecule has 0 saturated carbocycles. The van der Waals surface area contributed by atoms with Crippen LogP contribution in [0.5, 0.6) is 0 Å². The summed E-state index contributed by atoms with van der Waals surface area (Å²) in [5, 5.41) is 10.7. The van der Waals surface area contributed by atoms with Crippen LogP contribution in [0.2, 0.25) is 10.0 Å². The van der Waals surface area contributed by atoms with E-state index in [1.54, 1.807) is 0 Å². The van der Waals surface area contributed by atoms with Gasteiger partial charge in [-0.2, -0.15) is 0 Å². The van der Waals surface area contributed by atoms with Crippen molar-refractivity contribution in [2.75, 3.05) is 26.7 Å². The molecule has 0 aliphatic heterocycles. The number of rotatable bonds is 17. The molecule has 1 unspecified atom stereocenters. The van der Waals surface area contributed by atoms with Crippen molar-refractivity contribution in [1.82, 2.24) is 0 Å². The largest absolute Gasteiger partial charge is 1.00 e. The van der Waals surface area contributed by atoms with E-state index in [-0.39, 0.29) is 19.0 Å². The Morgan fingerprint density at radius 1 is 0.759 bits per heavy atom. The van der Waals surface area contributed by atoms with E-state index in [1.165, 1.54) is 82.6 Å². The van der Waals surface area contributed by atoms with Crippen molar-refractivity contribution < 1.29 is 22.0 Å². The van der Waals surface area contributed by atoms with Crippen LogP contribution in [0.25, 0.3) is 0 Å². The van der Waals surface area contributed by atoms with Gasteiger partial charge in [-0.15, -0.1) is 0 Å². The maximum absolute atomic E-state index is 9.51. The third kappa shape index (κ3) is 13.8. The second-order valence-electron chi connectivity index (χ2n) is 8.59. The molecule has 0 radical (unpaired) electrons. The summed E-state index contributed by atoms with van der Waals surface area (Å²) in [7, 11) is 2.23. The topological polar surface area (TPSA) is 20.2 Å². The van der Waals surface area contributed by atoms with Crippen molar-refractivity contribution in [3.63, 3.8) is 0 Å². The van der Waals surface area contributed by atoms with Crippen molar-refractivity contribution in [1.29, 1.82) is 0 Å². The molecule has 29 heavy (non-hydrogen) atoms. The zero-order chi connectivity index (χ0) is 20.7. The van der Waals surface area contributed by atoms with Crippen molar-refractivity contribution in [2.45, 2.75) is 90.5 Å². The van der Waals surface area contributed by atoms with Gasteiger partial charge < -0.3 is 22.0 Å². The number of likely N-dealkylation sites (N-methyl/N-ethyl adjacent to an activating group) is 1. The second-order valence-corrected chi connectivity index (χ2v) is 9.40. The van der Waals surface area contributed by atoms with Gasteiger partial charge in [-0.1, -0.05) is 100 Å². The Balaban J connectivity index is 0.00000784. The third-order valence-corrected chi connectivity index (χ3v) is 6.48. The van der Waals surface area contributed by atoms with Gasteiger partial charge in [0.05, 0.1) is 30.2 Å². The molecule has 1 rings (SSSR count). The van der Waals surface area contributed by atoms with Gasteiger partial charge in [-0.25, -0.2) is 0 Å². The fraction of sp³-hybridized carbons (Fsp3) is 0.750. The highest BCUT2D eigenvalue weighted by atomic mass is 35.5. The molecule has 0 fully saturated rings. The third-order valence-electron chi connectivity index (χ3n) is 5.74. The quantitative estimate of drug-likeness (QED) is 0.262.